The maximum atomic E-state index is 11.8. The first kappa shape index (κ1) is 20.9. The zero-order valence-corrected chi connectivity index (χ0v) is 18.9. The molecule has 33 heavy (non-hydrogen) atoms. The second-order valence-electron chi connectivity index (χ2n) is 8.57. The van der Waals surface area contributed by atoms with Crippen molar-refractivity contribution >= 4 is 23.1 Å². The Balaban J connectivity index is 1.77. The summed E-state index contributed by atoms with van der Waals surface area (Å²) >= 11 is 0. The van der Waals surface area contributed by atoms with Gasteiger partial charge in [-0.1, -0.05) is 36.4 Å². The van der Waals surface area contributed by atoms with Gasteiger partial charge in [0.1, 0.15) is 5.75 Å². The Bertz CT molecular complexity index is 1290. The van der Waals surface area contributed by atoms with Crippen molar-refractivity contribution in [2.24, 2.45) is 0 Å². The van der Waals surface area contributed by atoms with Gasteiger partial charge in [0.05, 0.1) is 30.1 Å². The fourth-order valence-electron chi connectivity index (χ4n) is 5.00. The van der Waals surface area contributed by atoms with Crippen LogP contribution in [0.5, 0.6) is 17.2 Å². The van der Waals surface area contributed by atoms with E-state index in [2.05, 4.69) is 30.9 Å². The number of benzene rings is 3. The van der Waals surface area contributed by atoms with Crippen molar-refractivity contribution in [3.05, 3.63) is 88.0 Å². The molecule has 0 unspecified atom stereocenters. The number of fused-ring (bicyclic) bond motifs is 2. The predicted molar refractivity (Wildman–Crippen MR) is 127 cm³/mol. The van der Waals surface area contributed by atoms with Gasteiger partial charge in [-0.05, 0) is 49.8 Å². The number of para-hydroxylation sites is 2. The van der Waals surface area contributed by atoms with Crippen LogP contribution in [0.2, 0.25) is 0 Å². The van der Waals surface area contributed by atoms with Crippen molar-refractivity contribution in [1.82, 2.24) is 0 Å². The maximum Gasteiger partial charge on any atom is 0.353 e. The van der Waals surface area contributed by atoms with E-state index in [-0.39, 0.29) is 17.2 Å². The number of ether oxygens (including phenoxy) is 3. The highest BCUT2D eigenvalue weighted by molar-refractivity contribution is 5.82. The van der Waals surface area contributed by atoms with Crippen molar-refractivity contribution in [3.8, 4) is 17.2 Å². The lowest BCUT2D eigenvalue weighted by Gasteiger charge is -2.47. The van der Waals surface area contributed by atoms with Crippen LogP contribution >= 0.6 is 0 Å². The number of rotatable bonds is 4. The molecule has 2 aliphatic heterocycles. The van der Waals surface area contributed by atoms with Crippen LogP contribution in [0.25, 0.3) is 6.08 Å². The predicted octanol–water partition coefficient (Wildman–Crippen LogP) is 5.84. The van der Waals surface area contributed by atoms with E-state index >= 15 is 0 Å². The molecule has 2 aliphatic rings. The second kappa shape index (κ2) is 7.27. The zero-order chi connectivity index (χ0) is 23.4. The van der Waals surface area contributed by atoms with Gasteiger partial charge in [0, 0.05) is 17.4 Å². The van der Waals surface area contributed by atoms with Gasteiger partial charge in [-0.15, -0.1) is 0 Å². The van der Waals surface area contributed by atoms with Crippen LogP contribution in [-0.2, 0) is 5.41 Å². The number of hydrogen-bond acceptors (Lipinski definition) is 6. The minimum Gasteiger partial charge on any atom is -0.490 e. The Morgan fingerprint density at radius 3 is 2.36 bits per heavy atom. The summed E-state index contributed by atoms with van der Waals surface area (Å²) in [6, 6.07) is 19.9. The van der Waals surface area contributed by atoms with E-state index in [1.165, 1.54) is 14.2 Å². The number of hydrogen-bond donors (Lipinski definition) is 0. The summed E-state index contributed by atoms with van der Waals surface area (Å²) in [7, 11) is 2.81. The third kappa shape index (κ3) is 2.75. The highest BCUT2D eigenvalue weighted by Crippen LogP contribution is 2.59. The minimum absolute atomic E-state index is 0.0839. The number of anilines is 2. The molecular formula is C26H24N2O5. The SMILES string of the molecule is COc1cc2c(c(OC)c1[N+](=O)[O-])C=C[C@]1(O2)N(c2ccccc2)c2ccccc2C1(C)C. The Labute approximate surface area is 192 Å². The highest BCUT2D eigenvalue weighted by Gasteiger charge is 2.59. The average molecular weight is 444 g/mol. The third-order valence-electron chi connectivity index (χ3n) is 6.63. The molecule has 0 aliphatic carbocycles. The van der Waals surface area contributed by atoms with Crippen molar-refractivity contribution in [2.45, 2.75) is 25.0 Å². The van der Waals surface area contributed by atoms with Crippen LogP contribution in [0.4, 0.5) is 17.1 Å². The molecule has 1 spiro atoms. The van der Waals surface area contributed by atoms with Gasteiger partial charge in [0.2, 0.25) is 17.2 Å². The molecule has 5 rings (SSSR count). The van der Waals surface area contributed by atoms with Crippen LogP contribution in [0.1, 0.15) is 25.0 Å². The van der Waals surface area contributed by atoms with Crippen LogP contribution in [-0.4, -0.2) is 24.9 Å². The summed E-state index contributed by atoms with van der Waals surface area (Å²) in [5, 5.41) is 11.8. The van der Waals surface area contributed by atoms with Gasteiger partial charge in [0.25, 0.3) is 0 Å². The average Bonchev–Trinajstić information content (AvgIpc) is 3.01. The summed E-state index contributed by atoms with van der Waals surface area (Å²) < 4.78 is 17.6. The number of methoxy groups -OCH3 is 2. The van der Waals surface area contributed by atoms with Gasteiger partial charge >= 0.3 is 5.69 Å². The van der Waals surface area contributed by atoms with Crippen LogP contribution in [0.15, 0.2) is 66.7 Å². The summed E-state index contributed by atoms with van der Waals surface area (Å²) in [6.45, 7) is 4.29. The molecule has 7 nitrogen and oxygen atoms in total. The smallest absolute Gasteiger partial charge is 0.353 e. The molecule has 3 aromatic rings. The third-order valence-corrected chi connectivity index (χ3v) is 6.63. The van der Waals surface area contributed by atoms with E-state index in [0.717, 1.165) is 16.9 Å². The summed E-state index contributed by atoms with van der Waals surface area (Å²) in [5.74, 6) is 0.652. The lowest BCUT2D eigenvalue weighted by Crippen LogP contribution is -2.57. The van der Waals surface area contributed by atoms with Crippen LogP contribution in [0.3, 0.4) is 0 Å². The van der Waals surface area contributed by atoms with Gasteiger partial charge in [-0.25, -0.2) is 0 Å². The van der Waals surface area contributed by atoms with E-state index in [4.69, 9.17) is 14.2 Å². The lowest BCUT2D eigenvalue weighted by atomic mass is 9.76. The topological polar surface area (TPSA) is 74.1 Å². The number of nitrogens with zero attached hydrogens (tertiary/aromatic N) is 2. The Morgan fingerprint density at radius 1 is 1.00 bits per heavy atom. The van der Waals surface area contributed by atoms with Crippen molar-refractivity contribution < 1.29 is 19.1 Å². The quantitative estimate of drug-likeness (QED) is 0.372. The summed E-state index contributed by atoms with van der Waals surface area (Å²) in [4.78, 5) is 13.4. The van der Waals surface area contributed by atoms with Crippen molar-refractivity contribution in [2.75, 3.05) is 19.1 Å². The van der Waals surface area contributed by atoms with Crippen LogP contribution < -0.4 is 19.1 Å². The first-order valence-electron chi connectivity index (χ1n) is 10.6. The molecule has 0 bridgehead atoms. The lowest BCUT2D eigenvalue weighted by molar-refractivity contribution is -0.386. The molecule has 1 atom stereocenters. The van der Waals surface area contributed by atoms with E-state index in [1.54, 1.807) is 6.07 Å². The maximum absolute atomic E-state index is 11.8. The zero-order valence-electron chi connectivity index (χ0n) is 18.9. The molecule has 0 radical (unpaired) electrons. The molecule has 0 amide bonds. The Kier molecular flexibility index (Phi) is 4.60. The van der Waals surface area contributed by atoms with E-state index in [9.17, 15) is 10.1 Å². The molecule has 2 heterocycles. The molecule has 0 saturated carbocycles. The van der Waals surface area contributed by atoms with E-state index < -0.39 is 16.1 Å². The first-order valence-corrected chi connectivity index (χ1v) is 10.6. The van der Waals surface area contributed by atoms with Gasteiger partial charge in [0.15, 0.2) is 0 Å². The second-order valence-corrected chi connectivity index (χ2v) is 8.57. The molecule has 0 fully saturated rings. The molecule has 168 valence electrons. The minimum atomic E-state index is -0.919. The summed E-state index contributed by atoms with van der Waals surface area (Å²) in [5.41, 5.74) is 2.06. The van der Waals surface area contributed by atoms with E-state index in [1.807, 2.05) is 54.6 Å². The van der Waals surface area contributed by atoms with E-state index in [0.29, 0.717) is 11.3 Å². The van der Waals surface area contributed by atoms with Crippen molar-refractivity contribution in [1.29, 1.82) is 0 Å². The Morgan fingerprint density at radius 2 is 1.70 bits per heavy atom. The Hall–Kier alpha value is -4.00. The normalized spacial score (nSPS) is 19.6. The van der Waals surface area contributed by atoms with Gasteiger partial charge < -0.3 is 14.2 Å². The monoisotopic (exact) mass is 444 g/mol. The number of nitro benzene ring substituents is 1. The molecule has 0 N–H and O–H groups in total. The van der Waals surface area contributed by atoms with Crippen molar-refractivity contribution in [3.63, 3.8) is 0 Å². The largest absolute Gasteiger partial charge is 0.490 e. The van der Waals surface area contributed by atoms with Crippen LogP contribution in [0, 0.1) is 10.1 Å². The molecule has 7 heteroatoms. The standard InChI is InChI=1S/C26H24N2O5/c1-25(2)19-12-8-9-13-20(19)27(17-10-6-5-7-11-17)26(25)15-14-18-21(33-26)16-22(31-3)23(28(29)30)24(18)32-4/h5-16H,1-4H3/t26-/m1/s1. The fourth-order valence-corrected chi connectivity index (χ4v) is 5.00. The van der Waals surface area contributed by atoms with Gasteiger partial charge in [-0.2, -0.15) is 0 Å². The molecule has 3 aromatic carbocycles. The number of nitro groups is 1. The molecule has 0 aromatic heterocycles. The first-order chi connectivity index (χ1) is 15.9. The fraction of sp³-hybridized carbons (Fsp3) is 0.231. The molecule has 0 saturated heterocycles. The highest BCUT2D eigenvalue weighted by atomic mass is 16.6. The molecular weight excluding hydrogens is 420 g/mol. The summed E-state index contributed by atoms with van der Waals surface area (Å²) in [6.07, 6.45) is 3.83. The van der Waals surface area contributed by atoms with Gasteiger partial charge in [-0.3, -0.25) is 15.0 Å².